The highest BCUT2D eigenvalue weighted by molar-refractivity contribution is 6.00. The fourth-order valence-electron chi connectivity index (χ4n) is 4.01. The summed E-state index contributed by atoms with van der Waals surface area (Å²) in [4.78, 5) is 19.7. The van der Waals surface area contributed by atoms with Crippen molar-refractivity contribution >= 4 is 28.2 Å². The SMILES string of the molecule is Cc1cc(C)cc(Nc2cc(C(=O)N3CCCCC3)nc3ccc(C)cc23)c1. The van der Waals surface area contributed by atoms with Crippen LogP contribution in [0.25, 0.3) is 10.9 Å². The van der Waals surface area contributed by atoms with Crippen LogP contribution in [0.1, 0.15) is 46.4 Å². The normalized spacial score (nSPS) is 14.3. The number of rotatable bonds is 3. The van der Waals surface area contributed by atoms with Gasteiger partial charge in [-0.15, -0.1) is 0 Å². The van der Waals surface area contributed by atoms with Gasteiger partial charge in [0.1, 0.15) is 5.69 Å². The molecule has 0 bridgehead atoms. The predicted octanol–water partition coefficient (Wildman–Crippen LogP) is 5.53. The number of pyridine rings is 1. The summed E-state index contributed by atoms with van der Waals surface area (Å²) >= 11 is 0. The molecule has 2 heterocycles. The van der Waals surface area contributed by atoms with E-state index in [1.807, 2.05) is 23.1 Å². The molecule has 0 atom stereocenters. The second-order valence-corrected chi connectivity index (χ2v) is 7.93. The largest absolute Gasteiger partial charge is 0.355 e. The predicted molar refractivity (Wildman–Crippen MR) is 115 cm³/mol. The number of aromatic nitrogens is 1. The summed E-state index contributed by atoms with van der Waals surface area (Å²) in [6, 6.07) is 14.5. The van der Waals surface area contributed by atoms with E-state index in [1.54, 1.807) is 0 Å². The Bertz CT molecular complexity index is 1020. The van der Waals surface area contributed by atoms with Gasteiger partial charge in [-0.2, -0.15) is 0 Å². The van der Waals surface area contributed by atoms with Crippen molar-refractivity contribution in [3.05, 3.63) is 64.8 Å². The smallest absolute Gasteiger partial charge is 0.272 e. The van der Waals surface area contributed by atoms with Gasteiger partial charge in [-0.05, 0) is 81.5 Å². The standard InChI is InChI=1S/C24H27N3O/c1-16-7-8-21-20(14-16)22(25-19-12-17(2)11-18(3)13-19)15-23(26-21)24(28)27-9-5-4-6-10-27/h7-8,11-15H,4-6,9-10H2,1-3H3,(H,25,26). The fraction of sp³-hybridized carbons (Fsp3) is 0.333. The van der Waals surface area contributed by atoms with Gasteiger partial charge in [0, 0.05) is 24.2 Å². The Morgan fingerprint density at radius 2 is 1.61 bits per heavy atom. The topological polar surface area (TPSA) is 45.2 Å². The summed E-state index contributed by atoms with van der Waals surface area (Å²) in [6.45, 7) is 7.92. The Kier molecular flexibility index (Phi) is 5.03. The van der Waals surface area contributed by atoms with Gasteiger partial charge >= 0.3 is 0 Å². The third-order valence-corrected chi connectivity index (χ3v) is 5.33. The molecule has 1 aliphatic heterocycles. The van der Waals surface area contributed by atoms with E-state index in [2.05, 4.69) is 50.4 Å². The molecule has 2 aromatic carbocycles. The van der Waals surface area contributed by atoms with Crippen LogP contribution in [0.15, 0.2) is 42.5 Å². The number of carbonyl (C=O) groups excluding carboxylic acids is 1. The summed E-state index contributed by atoms with van der Waals surface area (Å²) in [5.41, 5.74) is 6.92. The average Bonchev–Trinajstić information content (AvgIpc) is 2.67. The van der Waals surface area contributed by atoms with Gasteiger partial charge < -0.3 is 10.2 Å². The van der Waals surface area contributed by atoms with Gasteiger partial charge in [-0.25, -0.2) is 4.98 Å². The number of piperidine rings is 1. The fourth-order valence-corrected chi connectivity index (χ4v) is 4.01. The van der Waals surface area contributed by atoms with Crippen LogP contribution in [0.2, 0.25) is 0 Å². The number of amides is 1. The first kappa shape index (κ1) is 18.5. The maximum atomic E-state index is 13.1. The number of fused-ring (bicyclic) bond motifs is 1. The lowest BCUT2D eigenvalue weighted by Gasteiger charge is -2.26. The van der Waals surface area contributed by atoms with Crippen molar-refractivity contribution in [2.24, 2.45) is 0 Å². The number of carbonyl (C=O) groups is 1. The van der Waals surface area contributed by atoms with Crippen LogP contribution in [0.3, 0.4) is 0 Å². The van der Waals surface area contributed by atoms with E-state index < -0.39 is 0 Å². The third-order valence-electron chi connectivity index (χ3n) is 5.33. The van der Waals surface area contributed by atoms with Crippen LogP contribution in [-0.2, 0) is 0 Å². The van der Waals surface area contributed by atoms with Gasteiger partial charge in [0.2, 0.25) is 0 Å². The zero-order valence-corrected chi connectivity index (χ0v) is 16.9. The van der Waals surface area contributed by atoms with E-state index in [0.717, 1.165) is 48.2 Å². The highest BCUT2D eigenvalue weighted by Gasteiger charge is 2.21. The second-order valence-electron chi connectivity index (χ2n) is 7.93. The van der Waals surface area contributed by atoms with Crippen molar-refractivity contribution < 1.29 is 4.79 Å². The summed E-state index contributed by atoms with van der Waals surface area (Å²) in [5.74, 6) is 0.0330. The van der Waals surface area contributed by atoms with Gasteiger partial charge in [0.05, 0.1) is 11.2 Å². The van der Waals surface area contributed by atoms with Gasteiger partial charge in [0.25, 0.3) is 5.91 Å². The number of likely N-dealkylation sites (tertiary alicyclic amines) is 1. The Hall–Kier alpha value is -2.88. The molecule has 1 aromatic heterocycles. The molecule has 1 N–H and O–H groups in total. The van der Waals surface area contributed by atoms with Crippen molar-refractivity contribution in [1.82, 2.24) is 9.88 Å². The molecule has 28 heavy (non-hydrogen) atoms. The first-order valence-corrected chi connectivity index (χ1v) is 10.1. The number of nitrogens with zero attached hydrogens (tertiary/aromatic N) is 2. The number of hydrogen-bond acceptors (Lipinski definition) is 3. The van der Waals surface area contributed by atoms with Crippen LogP contribution in [0.5, 0.6) is 0 Å². The molecular weight excluding hydrogens is 346 g/mol. The molecule has 1 saturated heterocycles. The first-order chi connectivity index (χ1) is 13.5. The first-order valence-electron chi connectivity index (χ1n) is 10.1. The summed E-state index contributed by atoms with van der Waals surface area (Å²) in [7, 11) is 0. The molecule has 1 fully saturated rings. The number of aryl methyl sites for hydroxylation is 3. The minimum absolute atomic E-state index is 0.0330. The molecule has 4 nitrogen and oxygen atoms in total. The molecule has 3 aromatic rings. The Balaban J connectivity index is 1.78. The van der Waals surface area contributed by atoms with Crippen LogP contribution in [-0.4, -0.2) is 28.9 Å². The maximum Gasteiger partial charge on any atom is 0.272 e. The lowest BCUT2D eigenvalue weighted by molar-refractivity contribution is 0.0719. The van der Waals surface area contributed by atoms with Crippen LogP contribution in [0, 0.1) is 20.8 Å². The molecule has 4 heteroatoms. The zero-order valence-electron chi connectivity index (χ0n) is 16.9. The number of nitrogens with one attached hydrogen (secondary N) is 1. The number of benzene rings is 2. The molecular formula is C24H27N3O. The van der Waals surface area contributed by atoms with Crippen molar-refractivity contribution in [3.63, 3.8) is 0 Å². The van der Waals surface area contributed by atoms with Crippen molar-refractivity contribution in [2.45, 2.75) is 40.0 Å². The van der Waals surface area contributed by atoms with E-state index in [0.29, 0.717) is 5.69 Å². The van der Waals surface area contributed by atoms with E-state index in [4.69, 9.17) is 4.98 Å². The molecule has 1 amide bonds. The molecule has 0 unspecified atom stereocenters. The Morgan fingerprint density at radius 3 is 2.32 bits per heavy atom. The van der Waals surface area contributed by atoms with Gasteiger partial charge in [-0.3, -0.25) is 4.79 Å². The monoisotopic (exact) mass is 373 g/mol. The maximum absolute atomic E-state index is 13.1. The van der Waals surface area contributed by atoms with E-state index >= 15 is 0 Å². The summed E-state index contributed by atoms with van der Waals surface area (Å²) < 4.78 is 0. The van der Waals surface area contributed by atoms with E-state index in [1.165, 1.54) is 23.1 Å². The average molecular weight is 374 g/mol. The summed E-state index contributed by atoms with van der Waals surface area (Å²) in [5, 5.41) is 4.58. The quantitative estimate of drug-likeness (QED) is 0.656. The third kappa shape index (κ3) is 3.86. The summed E-state index contributed by atoms with van der Waals surface area (Å²) in [6.07, 6.45) is 3.35. The van der Waals surface area contributed by atoms with Crippen molar-refractivity contribution in [2.75, 3.05) is 18.4 Å². The Labute approximate surface area is 166 Å². The van der Waals surface area contributed by atoms with Gasteiger partial charge in [-0.1, -0.05) is 17.7 Å². The molecule has 144 valence electrons. The molecule has 0 saturated carbocycles. The molecule has 4 rings (SSSR count). The highest BCUT2D eigenvalue weighted by Crippen LogP contribution is 2.29. The molecule has 1 aliphatic rings. The lowest BCUT2D eigenvalue weighted by atomic mass is 10.1. The zero-order chi connectivity index (χ0) is 19.7. The molecule has 0 spiro atoms. The number of anilines is 2. The number of hydrogen-bond donors (Lipinski definition) is 1. The van der Waals surface area contributed by atoms with Crippen LogP contribution < -0.4 is 5.32 Å². The van der Waals surface area contributed by atoms with E-state index in [9.17, 15) is 4.79 Å². The van der Waals surface area contributed by atoms with Crippen LogP contribution >= 0.6 is 0 Å². The highest BCUT2D eigenvalue weighted by atomic mass is 16.2. The second kappa shape index (κ2) is 7.63. The minimum Gasteiger partial charge on any atom is -0.355 e. The molecule has 0 aliphatic carbocycles. The van der Waals surface area contributed by atoms with Gasteiger partial charge in [0.15, 0.2) is 0 Å². The van der Waals surface area contributed by atoms with Crippen molar-refractivity contribution in [3.8, 4) is 0 Å². The van der Waals surface area contributed by atoms with Crippen LogP contribution in [0.4, 0.5) is 11.4 Å². The van der Waals surface area contributed by atoms with E-state index in [-0.39, 0.29) is 5.91 Å². The van der Waals surface area contributed by atoms with Crippen molar-refractivity contribution in [1.29, 1.82) is 0 Å². The lowest BCUT2D eigenvalue weighted by Crippen LogP contribution is -2.36. The molecule has 0 radical (unpaired) electrons. The Morgan fingerprint density at radius 1 is 0.893 bits per heavy atom. The minimum atomic E-state index is 0.0330.